The van der Waals surface area contributed by atoms with Gasteiger partial charge in [-0.2, -0.15) is 12.7 Å². The highest BCUT2D eigenvalue weighted by molar-refractivity contribution is 7.90. The second-order valence-corrected chi connectivity index (χ2v) is 8.29. The summed E-state index contributed by atoms with van der Waals surface area (Å²) < 4.78 is 27.8. The highest BCUT2D eigenvalue weighted by Gasteiger charge is 2.28. The highest BCUT2D eigenvalue weighted by Crippen LogP contribution is 2.25. The molecule has 0 bridgehead atoms. The molecule has 1 aromatic carbocycles. The van der Waals surface area contributed by atoms with Crippen LogP contribution in [0.5, 0.6) is 0 Å². The van der Waals surface area contributed by atoms with Crippen LogP contribution in [-0.2, 0) is 21.5 Å². The summed E-state index contributed by atoms with van der Waals surface area (Å²) in [5, 5.41) is 2.75. The molecule has 2 aromatic rings. The Hall–Kier alpha value is -2.45. The molecular weight excluding hydrogens is 352 g/mol. The third-order valence-electron chi connectivity index (χ3n) is 3.90. The number of benzene rings is 1. The van der Waals surface area contributed by atoms with Crippen LogP contribution >= 0.6 is 0 Å². The molecule has 0 saturated heterocycles. The van der Waals surface area contributed by atoms with Crippen LogP contribution in [-0.4, -0.2) is 44.3 Å². The maximum Gasteiger partial charge on any atom is 0.304 e. The number of hydrogen-bond acceptors (Lipinski definition) is 4. The predicted molar refractivity (Wildman–Crippen MR) is 102 cm³/mol. The monoisotopic (exact) mass is 376 g/mol. The van der Waals surface area contributed by atoms with Crippen LogP contribution < -0.4 is 9.62 Å². The molecule has 8 heteroatoms. The van der Waals surface area contributed by atoms with Gasteiger partial charge in [0.1, 0.15) is 6.54 Å². The third-order valence-corrected chi connectivity index (χ3v) is 5.71. The van der Waals surface area contributed by atoms with Crippen LogP contribution in [0.4, 0.5) is 5.69 Å². The van der Waals surface area contributed by atoms with E-state index in [-0.39, 0.29) is 12.5 Å². The van der Waals surface area contributed by atoms with Crippen LogP contribution in [0.2, 0.25) is 0 Å². The Morgan fingerprint density at radius 3 is 2.38 bits per heavy atom. The molecule has 0 unspecified atom stereocenters. The minimum atomic E-state index is -3.81. The van der Waals surface area contributed by atoms with Crippen molar-refractivity contribution in [2.45, 2.75) is 20.4 Å². The molecule has 0 fully saturated rings. The van der Waals surface area contributed by atoms with Crippen molar-refractivity contribution in [1.29, 1.82) is 0 Å². The zero-order valence-corrected chi connectivity index (χ0v) is 16.2. The van der Waals surface area contributed by atoms with Crippen molar-refractivity contribution >= 4 is 21.8 Å². The predicted octanol–water partition coefficient (Wildman–Crippen LogP) is 1.63. The average Bonchev–Trinajstić information content (AvgIpc) is 2.60. The van der Waals surface area contributed by atoms with Crippen molar-refractivity contribution in [3.05, 3.63) is 59.4 Å². The van der Waals surface area contributed by atoms with E-state index in [9.17, 15) is 13.2 Å². The lowest BCUT2D eigenvalue weighted by Gasteiger charge is -2.28. The van der Waals surface area contributed by atoms with E-state index in [1.807, 2.05) is 26.0 Å². The van der Waals surface area contributed by atoms with Gasteiger partial charge in [0.2, 0.25) is 5.91 Å². The minimum Gasteiger partial charge on any atom is -0.350 e. The molecule has 0 radical (unpaired) electrons. The van der Waals surface area contributed by atoms with Crippen LogP contribution in [0.3, 0.4) is 0 Å². The first-order chi connectivity index (χ1) is 12.2. The van der Waals surface area contributed by atoms with E-state index in [1.165, 1.54) is 14.1 Å². The summed E-state index contributed by atoms with van der Waals surface area (Å²) in [6.07, 6.45) is 3.28. The highest BCUT2D eigenvalue weighted by atomic mass is 32.2. The molecule has 1 amide bonds. The summed E-state index contributed by atoms with van der Waals surface area (Å²) in [5.74, 6) is -0.381. The molecule has 26 heavy (non-hydrogen) atoms. The molecule has 0 saturated carbocycles. The molecule has 0 spiro atoms. The van der Waals surface area contributed by atoms with Gasteiger partial charge in [0.25, 0.3) is 0 Å². The van der Waals surface area contributed by atoms with E-state index in [0.717, 1.165) is 25.3 Å². The third kappa shape index (κ3) is 4.80. The number of nitrogens with one attached hydrogen (secondary N) is 1. The lowest BCUT2D eigenvalue weighted by Crippen LogP contribution is -2.46. The smallest absolute Gasteiger partial charge is 0.304 e. The molecule has 2 rings (SSSR count). The first-order valence-electron chi connectivity index (χ1n) is 8.15. The summed E-state index contributed by atoms with van der Waals surface area (Å²) in [7, 11) is -0.920. The summed E-state index contributed by atoms with van der Waals surface area (Å²) >= 11 is 0. The number of hydrogen-bond donors (Lipinski definition) is 1. The quantitative estimate of drug-likeness (QED) is 0.796. The fourth-order valence-corrected chi connectivity index (χ4v) is 3.48. The number of nitrogens with zero attached hydrogens (tertiary/aromatic N) is 3. The van der Waals surface area contributed by atoms with Gasteiger partial charge in [-0.25, -0.2) is 4.31 Å². The molecule has 7 nitrogen and oxygen atoms in total. The van der Waals surface area contributed by atoms with Gasteiger partial charge in [-0.05, 0) is 48.7 Å². The van der Waals surface area contributed by atoms with E-state index >= 15 is 0 Å². The molecule has 0 atom stereocenters. The van der Waals surface area contributed by atoms with Gasteiger partial charge in [-0.3, -0.25) is 9.78 Å². The Kier molecular flexibility index (Phi) is 6.33. The van der Waals surface area contributed by atoms with Gasteiger partial charge in [0, 0.05) is 33.0 Å². The summed E-state index contributed by atoms with van der Waals surface area (Å²) in [4.78, 5) is 16.3. The van der Waals surface area contributed by atoms with Gasteiger partial charge in [0.05, 0.1) is 5.69 Å². The molecule has 1 N–H and O–H groups in total. The van der Waals surface area contributed by atoms with Gasteiger partial charge in [-0.15, -0.1) is 0 Å². The fraction of sp³-hybridized carbons (Fsp3) is 0.333. The number of amides is 1. The molecule has 140 valence electrons. The molecular formula is C18H24N4O3S. The summed E-state index contributed by atoms with van der Waals surface area (Å²) in [6.45, 7) is 3.72. The molecule has 1 heterocycles. The molecule has 0 aliphatic carbocycles. The van der Waals surface area contributed by atoms with Crippen molar-refractivity contribution in [1.82, 2.24) is 14.6 Å². The maximum atomic E-state index is 12.8. The van der Waals surface area contributed by atoms with Gasteiger partial charge in [-0.1, -0.05) is 12.1 Å². The minimum absolute atomic E-state index is 0.296. The number of carbonyl (C=O) groups is 1. The van der Waals surface area contributed by atoms with Crippen molar-refractivity contribution < 1.29 is 13.2 Å². The van der Waals surface area contributed by atoms with Gasteiger partial charge < -0.3 is 5.32 Å². The lowest BCUT2D eigenvalue weighted by molar-refractivity contribution is -0.119. The topological polar surface area (TPSA) is 82.6 Å². The van der Waals surface area contributed by atoms with E-state index in [1.54, 1.807) is 30.6 Å². The Labute approximate surface area is 154 Å². The Morgan fingerprint density at radius 1 is 1.12 bits per heavy atom. The first-order valence-corrected chi connectivity index (χ1v) is 9.54. The number of pyridine rings is 1. The van der Waals surface area contributed by atoms with Crippen LogP contribution in [0.25, 0.3) is 0 Å². The van der Waals surface area contributed by atoms with E-state index in [0.29, 0.717) is 12.2 Å². The number of aromatic nitrogens is 1. The number of anilines is 1. The van der Waals surface area contributed by atoms with E-state index in [2.05, 4.69) is 10.3 Å². The number of aryl methyl sites for hydroxylation is 2. The standard InChI is InChI=1S/C18H24N4O3S/c1-14-5-6-15(2)17(11-14)22(26(24,25)21(3)4)13-18(23)20-12-16-7-9-19-10-8-16/h5-11H,12-13H2,1-4H3,(H,20,23). The largest absolute Gasteiger partial charge is 0.350 e. The normalized spacial score (nSPS) is 11.4. The Morgan fingerprint density at radius 2 is 1.77 bits per heavy atom. The van der Waals surface area contributed by atoms with Crippen molar-refractivity contribution in [3.8, 4) is 0 Å². The van der Waals surface area contributed by atoms with Crippen LogP contribution in [0, 0.1) is 13.8 Å². The Balaban J connectivity index is 2.24. The lowest BCUT2D eigenvalue weighted by atomic mass is 10.1. The van der Waals surface area contributed by atoms with E-state index < -0.39 is 10.2 Å². The van der Waals surface area contributed by atoms with Crippen molar-refractivity contribution in [3.63, 3.8) is 0 Å². The van der Waals surface area contributed by atoms with Gasteiger partial charge >= 0.3 is 10.2 Å². The number of carbonyl (C=O) groups excluding carboxylic acids is 1. The van der Waals surface area contributed by atoms with Crippen molar-refractivity contribution in [2.75, 3.05) is 24.9 Å². The van der Waals surface area contributed by atoms with Crippen LogP contribution in [0.1, 0.15) is 16.7 Å². The number of rotatable bonds is 7. The van der Waals surface area contributed by atoms with Crippen LogP contribution in [0.15, 0.2) is 42.7 Å². The fourth-order valence-electron chi connectivity index (χ4n) is 2.36. The SMILES string of the molecule is Cc1ccc(C)c(N(CC(=O)NCc2ccncc2)S(=O)(=O)N(C)C)c1. The van der Waals surface area contributed by atoms with Gasteiger partial charge in [0.15, 0.2) is 0 Å². The summed E-state index contributed by atoms with van der Waals surface area (Å²) in [5.41, 5.74) is 3.09. The first kappa shape index (κ1) is 19.9. The maximum absolute atomic E-state index is 12.8. The molecule has 0 aliphatic rings. The second kappa shape index (κ2) is 8.29. The zero-order valence-electron chi connectivity index (χ0n) is 15.4. The summed E-state index contributed by atoms with van der Waals surface area (Å²) in [6, 6.07) is 9.10. The Bertz CT molecular complexity index is 867. The average molecular weight is 376 g/mol. The second-order valence-electron chi connectivity index (χ2n) is 6.22. The molecule has 0 aliphatic heterocycles. The van der Waals surface area contributed by atoms with Crippen molar-refractivity contribution in [2.24, 2.45) is 0 Å². The zero-order chi connectivity index (χ0) is 19.3. The van der Waals surface area contributed by atoms with E-state index in [4.69, 9.17) is 0 Å². The molecule has 1 aromatic heterocycles.